The molecule has 2 heterocycles. The molecule has 0 atom stereocenters. The van der Waals surface area contributed by atoms with E-state index in [2.05, 4.69) is 20.6 Å². The summed E-state index contributed by atoms with van der Waals surface area (Å²) in [5.74, 6) is 0.466. The highest BCUT2D eigenvalue weighted by Gasteiger charge is 2.11. The minimum absolute atomic E-state index is 0.229. The third kappa shape index (κ3) is 4.08. The first kappa shape index (κ1) is 15.5. The number of hydrogen-bond acceptors (Lipinski definition) is 6. The average Bonchev–Trinajstić information content (AvgIpc) is 3.05. The van der Waals surface area contributed by atoms with Crippen molar-refractivity contribution < 1.29 is 4.79 Å². The lowest BCUT2D eigenvalue weighted by molar-refractivity contribution is 0.102. The number of thiazole rings is 1. The van der Waals surface area contributed by atoms with E-state index in [9.17, 15) is 4.79 Å². The Hall–Kier alpha value is -2.38. The van der Waals surface area contributed by atoms with Gasteiger partial charge in [0.1, 0.15) is 11.5 Å². The van der Waals surface area contributed by atoms with E-state index < -0.39 is 0 Å². The molecule has 0 spiro atoms. The van der Waals surface area contributed by atoms with Crippen molar-refractivity contribution in [1.82, 2.24) is 9.97 Å². The summed E-state index contributed by atoms with van der Waals surface area (Å²) in [5, 5.41) is 8.26. The number of pyridine rings is 1. The Morgan fingerprint density at radius 1 is 1.17 bits per heavy atom. The molecule has 7 heteroatoms. The molecule has 3 rings (SSSR count). The fraction of sp³-hybridized carbons (Fsp3) is 0.0625. The highest BCUT2D eigenvalue weighted by Crippen LogP contribution is 2.21. The molecule has 2 aromatic heterocycles. The first-order chi connectivity index (χ1) is 11.2. The molecule has 0 radical (unpaired) electrons. The van der Waals surface area contributed by atoms with Crippen LogP contribution in [0.5, 0.6) is 0 Å². The van der Waals surface area contributed by atoms with E-state index in [1.807, 2.05) is 48.7 Å². The van der Waals surface area contributed by atoms with Gasteiger partial charge >= 0.3 is 0 Å². The summed E-state index contributed by atoms with van der Waals surface area (Å²) in [7, 11) is 0. The van der Waals surface area contributed by atoms with Crippen LogP contribution in [0.25, 0.3) is 0 Å². The number of carbonyl (C=O) groups excluding carboxylic acids is 1. The second kappa shape index (κ2) is 7.26. The summed E-state index contributed by atoms with van der Waals surface area (Å²) in [4.78, 5) is 21.8. The van der Waals surface area contributed by atoms with Gasteiger partial charge in [-0.25, -0.2) is 9.97 Å². The monoisotopic (exact) mass is 342 g/mol. The number of nitrogens with zero attached hydrogens (tertiary/aromatic N) is 2. The maximum atomic E-state index is 12.2. The molecule has 116 valence electrons. The smallest absolute Gasteiger partial charge is 0.275 e. The fourth-order valence-corrected chi connectivity index (χ4v) is 2.96. The van der Waals surface area contributed by atoms with Crippen LogP contribution in [0.3, 0.4) is 0 Å². The highest BCUT2D eigenvalue weighted by atomic mass is 32.2. The van der Waals surface area contributed by atoms with E-state index in [1.165, 1.54) is 11.3 Å². The van der Waals surface area contributed by atoms with Gasteiger partial charge in [0.15, 0.2) is 5.13 Å². The number of hydrogen-bond donors (Lipinski definition) is 2. The lowest BCUT2D eigenvalue weighted by Crippen LogP contribution is -2.12. The normalized spacial score (nSPS) is 10.3. The van der Waals surface area contributed by atoms with E-state index in [0.717, 1.165) is 10.6 Å². The quantitative estimate of drug-likeness (QED) is 0.678. The number of benzene rings is 1. The van der Waals surface area contributed by atoms with Crippen molar-refractivity contribution in [3.63, 3.8) is 0 Å². The zero-order chi connectivity index (χ0) is 16.1. The first-order valence-corrected chi connectivity index (χ1v) is 8.94. The molecule has 0 aliphatic heterocycles. The molecule has 0 unspecified atom stereocenters. The van der Waals surface area contributed by atoms with Gasteiger partial charge in [0.05, 0.1) is 0 Å². The van der Waals surface area contributed by atoms with Crippen molar-refractivity contribution in [2.45, 2.75) is 4.90 Å². The molecular weight excluding hydrogens is 328 g/mol. The summed E-state index contributed by atoms with van der Waals surface area (Å²) in [6.07, 6.45) is 3.71. The van der Waals surface area contributed by atoms with Gasteiger partial charge in [0.2, 0.25) is 0 Å². The number of amides is 1. The van der Waals surface area contributed by atoms with Gasteiger partial charge in [0, 0.05) is 22.2 Å². The molecule has 5 nitrogen and oxygen atoms in total. The second-order valence-electron chi connectivity index (χ2n) is 4.56. The van der Waals surface area contributed by atoms with Crippen molar-refractivity contribution in [2.24, 2.45) is 0 Å². The summed E-state index contributed by atoms with van der Waals surface area (Å²) < 4.78 is 0. The summed E-state index contributed by atoms with van der Waals surface area (Å²) in [5.41, 5.74) is 1.13. The number of anilines is 3. The van der Waals surface area contributed by atoms with Crippen molar-refractivity contribution in [1.29, 1.82) is 0 Å². The minimum Gasteiger partial charge on any atom is -0.321 e. The van der Waals surface area contributed by atoms with Crippen LogP contribution >= 0.6 is 23.1 Å². The lowest BCUT2D eigenvalue weighted by atomic mass is 10.3. The van der Waals surface area contributed by atoms with Gasteiger partial charge < -0.3 is 10.6 Å². The number of carbonyl (C=O) groups is 1. The van der Waals surface area contributed by atoms with E-state index in [-0.39, 0.29) is 5.91 Å². The zero-order valence-electron chi connectivity index (χ0n) is 12.3. The molecule has 0 saturated heterocycles. The highest BCUT2D eigenvalue weighted by molar-refractivity contribution is 7.98. The number of rotatable bonds is 5. The van der Waals surface area contributed by atoms with E-state index in [4.69, 9.17) is 0 Å². The predicted octanol–water partition coefficient (Wildman–Crippen LogP) is 4.26. The third-order valence-electron chi connectivity index (χ3n) is 2.98. The molecule has 0 aliphatic rings. The Bertz CT molecular complexity index is 787. The van der Waals surface area contributed by atoms with Gasteiger partial charge in [-0.05, 0) is 42.7 Å². The predicted molar refractivity (Wildman–Crippen MR) is 95.8 cm³/mol. The minimum atomic E-state index is -0.229. The van der Waals surface area contributed by atoms with Gasteiger partial charge in [-0.2, -0.15) is 0 Å². The summed E-state index contributed by atoms with van der Waals surface area (Å²) in [6, 6.07) is 13.3. The molecule has 2 N–H and O–H groups in total. The van der Waals surface area contributed by atoms with Crippen molar-refractivity contribution in [3.8, 4) is 0 Å². The maximum Gasteiger partial charge on any atom is 0.275 e. The van der Waals surface area contributed by atoms with Crippen LogP contribution in [0.15, 0.2) is 58.9 Å². The van der Waals surface area contributed by atoms with E-state index in [1.54, 1.807) is 23.3 Å². The molecule has 1 amide bonds. The maximum absolute atomic E-state index is 12.2. The Balaban J connectivity index is 1.66. The molecule has 0 saturated carbocycles. The van der Waals surface area contributed by atoms with Crippen LogP contribution in [-0.4, -0.2) is 22.1 Å². The largest absolute Gasteiger partial charge is 0.321 e. The third-order valence-corrected chi connectivity index (χ3v) is 4.49. The average molecular weight is 342 g/mol. The van der Waals surface area contributed by atoms with Crippen molar-refractivity contribution >= 4 is 45.6 Å². The molecule has 0 bridgehead atoms. The van der Waals surface area contributed by atoms with Crippen LogP contribution in [-0.2, 0) is 0 Å². The topological polar surface area (TPSA) is 66.9 Å². The van der Waals surface area contributed by atoms with Crippen molar-refractivity contribution in [2.75, 3.05) is 16.9 Å². The molecule has 0 fully saturated rings. The van der Waals surface area contributed by atoms with Gasteiger partial charge in [-0.15, -0.1) is 23.1 Å². The van der Waals surface area contributed by atoms with Gasteiger partial charge in [-0.1, -0.05) is 6.07 Å². The van der Waals surface area contributed by atoms with Crippen molar-refractivity contribution in [3.05, 3.63) is 59.7 Å². The van der Waals surface area contributed by atoms with Gasteiger partial charge in [0.25, 0.3) is 5.91 Å². The van der Waals surface area contributed by atoms with Crippen LogP contribution in [0.1, 0.15) is 10.5 Å². The Labute approximate surface area is 142 Å². The van der Waals surface area contributed by atoms with Crippen LogP contribution in [0.4, 0.5) is 16.6 Å². The van der Waals surface area contributed by atoms with E-state index >= 15 is 0 Å². The summed E-state index contributed by atoms with van der Waals surface area (Å²) >= 11 is 3.02. The fourth-order valence-electron chi connectivity index (χ4n) is 1.85. The Morgan fingerprint density at radius 3 is 2.70 bits per heavy atom. The lowest BCUT2D eigenvalue weighted by Gasteiger charge is -2.04. The van der Waals surface area contributed by atoms with Crippen LogP contribution < -0.4 is 10.6 Å². The summed E-state index contributed by atoms with van der Waals surface area (Å²) in [6.45, 7) is 0. The second-order valence-corrected chi connectivity index (χ2v) is 6.30. The number of nitrogens with one attached hydrogen (secondary N) is 2. The van der Waals surface area contributed by atoms with E-state index in [0.29, 0.717) is 16.6 Å². The van der Waals surface area contributed by atoms with Crippen LogP contribution in [0.2, 0.25) is 0 Å². The zero-order valence-corrected chi connectivity index (χ0v) is 13.9. The Morgan fingerprint density at radius 2 is 2.00 bits per heavy atom. The first-order valence-electron chi connectivity index (χ1n) is 6.83. The standard InChI is InChI=1S/C16H14N4OS2/c1-22-12-7-5-11(6-8-12)18-15(21)13-10-23-16(19-13)20-14-4-2-3-9-17-14/h2-10H,1H3,(H,18,21)(H,17,19,20). The molecular formula is C16H14N4OS2. The molecule has 0 aliphatic carbocycles. The van der Waals surface area contributed by atoms with Crippen LogP contribution in [0, 0.1) is 0 Å². The van der Waals surface area contributed by atoms with Gasteiger partial charge in [-0.3, -0.25) is 4.79 Å². The Kier molecular flexibility index (Phi) is 4.89. The molecule has 1 aromatic carbocycles. The molecule has 3 aromatic rings. The SMILES string of the molecule is CSc1ccc(NC(=O)c2csc(Nc3ccccn3)n2)cc1. The number of aromatic nitrogens is 2. The number of thioether (sulfide) groups is 1. The molecule has 23 heavy (non-hydrogen) atoms.